The second-order valence-corrected chi connectivity index (χ2v) is 5.66. The molecule has 0 spiro atoms. The Balaban J connectivity index is 2.17. The number of hydrogen-bond acceptors (Lipinski definition) is 2. The van der Waals surface area contributed by atoms with Crippen molar-refractivity contribution in [1.29, 1.82) is 0 Å². The van der Waals surface area contributed by atoms with Crippen LogP contribution >= 0.6 is 11.6 Å². The molecule has 2 rings (SSSR count). The van der Waals surface area contributed by atoms with Crippen molar-refractivity contribution in [2.45, 2.75) is 38.6 Å². The van der Waals surface area contributed by atoms with Gasteiger partial charge in [-0.15, -0.1) is 0 Å². The standard InChI is InChI=1S/C15H18ClNO/c1-15(9-10-18)8-3-2-7-14(15)17-13-6-4-5-12(16)11-13/h4-6,9,11,14,17H,2-3,7-8H2,1H3. The highest BCUT2D eigenvalue weighted by atomic mass is 35.5. The highest BCUT2D eigenvalue weighted by Gasteiger charge is 2.34. The Kier molecular flexibility index (Phi) is 4.11. The predicted octanol–water partition coefficient (Wildman–Crippen LogP) is 4.09. The van der Waals surface area contributed by atoms with Crippen LogP contribution in [0, 0.1) is 5.41 Å². The minimum atomic E-state index is -0.109. The summed E-state index contributed by atoms with van der Waals surface area (Å²) in [4.78, 5) is 10.7. The van der Waals surface area contributed by atoms with E-state index in [4.69, 9.17) is 11.6 Å². The number of nitrogens with one attached hydrogen (secondary N) is 1. The van der Waals surface area contributed by atoms with E-state index in [0.29, 0.717) is 0 Å². The number of rotatable bonds is 3. The first-order chi connectivity index (χ1) is 8.64. The molecule has 1 aliphatic carbocycles. The summed E-state index contributed by atoms with van der Waals surface area (Å²) < 4.78 is 0. The summed E-state index contributed by atoms with van der Waals surface area (Å²) >= 11 is 5.98. The van der Waals surface area contributed by atoms with Gasteiger partial charge in [-0.1, -0.05) is 37.4 Å². The van der Waals surface area contributed by atoms with E-state index in [1.807, 2.05) is 30.2 Å². The molecule has 0 aliphatic heterocycles. The second kappa shape index (κ2) is 5.60. The van der Waals surface area contributed by atoms with E-state index in [1.54, 1.807) is 6.08 Å². The third-order valence-electron chi connectivity index (χ3n) is 3.81. The summed E-state index contributed by atoms with van der Waals surface area (Å²) in [6, 6.07) is 7.98. The highest BCUT2D eigenvalue weighted by molar-refractivity contribution is 6.30. The lowest BCUT2D eigenvalue weighted by atomic mass is 9.71. The third kappa shape index (κ3) is 2.95. The maximum absolute atomic E-state index is 10.7. The molecule has 0 aromatic heterocycles. The van der Waals surface area contributed by atoms with Gasteiger partial charge in [0.05, 0.1) is 0 Å². The molecule has 18 heavy (non-hydrogen) atoms. The molecule has 0 saturated heterocycles. The Morgan fingerprint density at radius 3 is 3.06 bits per heavy atom. The maximum Gasteiger partial charge on any atom is 0.120 e. The first-order valence-electron chi connectivity index (χ1n) is 6.38. The van der Waals surface area contributed by atoms with Crippen molar-refractivity contribution in [2.75, 3.05) is 5.32 Å². The van der Waals surface area contributed by atoms with Gasteiger partial charge in [0.2, 0.25) is 0 Å². The fourth-order valence-corrected chi connectivity index (χ4v) is 2.87. The molecule has 1 aromatic carbocycles. The average Bonchev–Trinajstić information content (AvgIpc) is 2.33. The molecule has 0 bridgehead atoms. The summed E-state index contributed by atoms with van der Waals surface area (Å²) in [5, 5.41) is 4.23. The Morgan fingerprint density at radius 2 is 2.33 bits per heavy atom. The first-order valence-corrected chi connectivity index (χ1v) is 6.76. The number of carbonyl (C=O) groups excluding carboxylic acids is 1. The van der Waals surface area contributed by atoms with Gasteiger partial charge < -0.3 is 5.32 Å². The fourth-order valence-electron chi connectivity index (χ4n) is 2.68. The average molecular weight is 264 g/mol. The smallest absolute Gasteiger partial charge is 0.120 e. The predicted molar refractivity (Wildman–Crippen MR) is 75.7 cm³/mol. The maximum atomic E-state index is 10.7. The molecule has 96 valence electrons. The van der Waals surface area contributed by atoms with Gasteiger partial charge in [0.25, 0.3) is 0 Å². The molecule has 1 fully saturated rings. The Bertz CT molecular complexity index is 467. The van der Waals surface area contributed by atoms with Crippen LogP contribution in [0.3, 0.4) is 0 Å². The van der Waals surface area contributed by atoms with Gasteiger partial charge in [-0.2, -0.15) is 0 Å². The van der Waals surface area contributed by atoms with Gasteiger partial charge >= 0.3 is 0 Å². The molecule has 2 nitrogen and oxygen atoms in total. The molecule has 0 amide bonds. The van der Waals surface area contributed by atoms with Crippen molar-refractivity contribution in [1.82, 2.24) is 0 Å². The molecule has 0 heterocycles. The second-order valence-electron chi connectivity index (χ2n) is 5.22. The van der Waals surface area contributed by atoms with Gasteiger partial charge in [0.1, 0.15) is 5.94 Å². The highest BCUT2D eigenvalue weighted by Crippen LogP contribution is 2.38. The van der Waals surface area contributed by atoms with Crippen LogP contribution < -0.4 is 5.32 Å². The molecule has 2 atom stereocenters. The first kappa shape index (κ1) is 13.2. The van der Waals surface area contributed by atoms with E-state index < -0.39 is 0 Å². The van der Waals surface area contributed by atoms with Crippen LogP contribution in [0.4, 0.5) is 5.69 Å². The van der Waals surface area contributed by atoms with E-state index in [0.717, 1.165) is 23.6 Å². The number of halogens is 1. The fraction of sp³-hybridized carbons (Fsp3) is 0.467. The summed E-state index contributed by atoms with van der Waals surface area (Å²) in [5.41, 5.74) is 0.905. The summed E-state index contributed by atoms with van der Waals surface area (Å²) in [6.07, 6.45) is 6.14. The van der Waals surface area contributed by atoms with E-state index >= 15 is 0 Å². The minimum Gasteiger partial charge on any atom is -0.381 e. The van der Waals surface area contributed by atoms with Crippen LogP contribution in [0.5, 0.6) is 0 Å². The third-order valence-corrected chi connectivity index (χ3v) is 4.04. The number of benzene rings is 1. The summed E-state index contributed by atoms with van der Waals surface area (Å²) in [7, 11) is 0. The van der Waals surface area contributed by atoms with Crippen LogP contribution in [0.2, 0.25) is 5.02 Å². The largest absolute Gasteiger partial charge is 0.381 e. The summed E-state index contributed by atoms with van der Waals surface area (Å²) in [5.74, 6) is 1.96. The van der Waals surface area contributed by atoms with Crippen molar-refractivity contribution in [3.63, 3.8) is 0 Å². The molecule has 3 heteroatoms. The van der Waals surface area contributed by atoms with Crippen molar-refractivity contribution in [2.24, 2.45) is 5.41 Å². The normalized spacial score (nSPS) is 27.3. The molecular weight excluding hydrogens is 246 g/mol. The Morgan fingerprint density at radius 1 is 1.50 bits per heavy atom. The van der Waals surface area contributed by atoms with Gasteiger partial charge in [-0.05, 0) is 31.0 Å². The van der Waals surface area contributed by atoms with Crippen molar-refractivity contribution in [3.05, 3.63) is 35.4 Å². The SMILES string of the molecule is CC1(C=C=O)CCCCC1Nc1cccc(Cl)c1. The van der Waals surface area contributed by atoms with Crippen molar-refractivity contribution in [3.8, 4) is 0 Å². The lowest BCUT2D eigenvalue weighted by molar-refractivity contribution is 0.257. The van der Waals surface area contributed by atoms with Crippen molar-refractivity contribution >= 4 is 23.2 Å². The monoisotopic (exact) mass is 263 g/mol. The van der Waals surface area contributed by atoms with E-state index in [9.17, 15) is 4.79 Å². The van der Waals surface area contributed by atoms with E-state index in [1.165, 1.54) is 12.8 Å². The molecule has 2 unspecified atom stereocenters. The zero-order valence-electron chi connectivity index (χ0n) is 10.6. The molecule has 1 aliphatic rings. The summed E-state index contributed by atoms with van der Waals surface area (Å²) in [6.45, 7) is 2.12. The number of anilines is 1. The van der Waals surface area contributed by atoms with E-state index in [2.05, 4.69) is 12.2 Å². The van der Waals surface area contributed by atoms with Crippen molar-refractivity contribution < 1.29 is 4.79 Å². The van der Waals surface area contributed by atoms with Crippen LogP contribution in [0.25, 0.3) is 0 Å². The zero-order chi connectivity index (χ0) is 13.0. The van der Waals surface area contributed by atoms with Gasteiger partial charge in [-0.3, -0.25) is 0 Å². The Labute approximate surface area is 113 Å². The van der Waals surface area contributed by atoms with Crippen LogP contribution in [-0.2, 0) is 4.79 Å². The lowest BCUT2D eigenvalue weighted by Gasteiger charge is -2.39. The topological polar surface area (TPSA) is 29.1 Å². The van der Waals surface area contributed by atoms with Crippen LogP contribution in [0.15, 0.2) is 30.3 Å². The van der Waals surface area contributed by atoms with Gasteiger partial charge in [0, 0.05) is 28.2 Å². The number of hydrogen-bond donors (Lipinski definition) is 1. The molecule has 1 saturated carbocycles. The van der Waals surface area contributed by atoms with Gasteiger partial charge in [0.15, 0.2) is 0 Å². The molecular formula is C15H18ClNO. The van der Waals surface area contributed by atoms with Crippen LogP contribution in [0.1, 0.15) is 32.6 Å². The van der Waals surface area contributed by atoms with E-state index in [-0.39, 0.29) is 11.5 Å². The zero-order valence-corrected chi connectivity index (χ0v) is 11.3. The minimum absolute atomic E-state index is 0.109. The van der Waals surface area contributed by atoms with Crippen LogP contribution in [-0.4, -0.2) is 12.0 Å². The Hall–Kier alpha value is -1.24. The molecule has 1 N–H and O–H groups in total. The lowest BCUT2D eigenvalue weighted by Crippen LogP contribution is -2.39. The molecule has 0 radical (unpaired) electrons. The quantitative estimate of drug-likeness (QED) is 0.833. The molecule has 1 aromatic rings. The van der Waals surface area contributed by atoms with Gasteiger partial charge in [-0.25, -0.2) is 4.79 Å².